The number of nitrogens with one attached hydrogen (secondary N) is 1. The zero-order valence-electron chi connectivity index (χ0n) is 16.6. The lowest BCUT2D eigenvalue weighted by Crippen LogP contribution is -2.33. The Hall–Kier alpha value is -4.33. The summed E-state index contributed by atoms with van der Waals surface area (Å²) in [5.41, 5.74) is 0.616. The number of carbonyl (C=O) groups excluding carboxylic acids is 3. The van der Waals surface area contributed by atoms with Crippen LogP contribution >= 0.6 is 0 Å². The van der Waals surface area contributed by atoms with Crippen LogP contribution in [0.1, 0.15) is 43.8 Å². The highest BCUT2D eigenvalue weighted by molar-refractivity contribution is 6.01. The van der Waals surface area contributed by atoms with Gasteiger partial charge in [-0.3, -0.25) is 4.79 Å². The molecular weight excluding hydrogens is 414 g/mol. The molecule has 5 rings (SSSR count). The maximum Gasteiger partial charge on any atom is 0.340 e. The van der Waals surface area contributed by atoms with Crippen LogP contribution in [0.3, 0.4) is 0 Å². The molecule has 0 fully saturated rings. The van der Waals surface area contributed by atoms with Crippen molar-refractivity contribution in [1.29, 1.82) is 0 Å². The van der Waals surface area contributed by atoms with Gasteiger partial charge in [0.2, 0.25) is 0 Å². The van der Waals surface area contributed by atoms with Crippen LogP contribution in [0.2, 0.25) is 0 Å². The van der Waals surface area contributed by atoms with Crippen LogP contribution in [0.5, 0.6) is 23.0 Å². The first-order chi connectivity index (χ1) is 15.4. The van der Waals surface area contributed by atoms with Gasteiger partial charge in [0.15, 0.2) is 5.60 Å². The van der Waals surface area contributed by atoms with E-state index in [9.17, 15) is 24.6 Å². The second-order valence-electron chi connectivity index (χ2n) is 7.51. The number of fused-ring (bicyclic) bond motifs is 6. The van der Waals surface area contributed by atoms with Crippen molar-refractivity contribution in [2.75, 3.05) is 6.54 Å². The van der Waals surface area contributed by atoms with E-state index in [1.807, 2.05) is 0 Å². The molecule has 0 unspecified atom stereocenters. The first-order valence-corrected chi connectivity index (χ1v) is 9.88. The van der Waals surface area contributed by atoms with Crippen molar-refractivity contribution in [3.8, 4) is 23.0 Å². The molecule has 1 spiro atoms. The molecule has 1 amide bonds. The van der Waals surface area contributed by atoms with Crippen LogP contribution < -0.4 is 10.1 Å². The summed E-state index contributed by atoms with van der Waals surface area (Å²) in [5.74, 6) is -0.545. The largest absolute Gasteiger partial charge is 0.508 e. The van der Waals surface area contributed by atoms with Gasteiger partial charge in [0.25, 0.3) is 5.91 Å². The number of hydrogen-bond acceptors (Lipinski definition) is 7. The van der Waals surface area contributed by atoms with Crippen molar-refractivity contribution in [3.05, 3.63) is 82.4 Å². The second kappa shape index (κ2) is 7.12. The van der Waals surface area contributed by atoms with E-state index in [2.05, 4.69) is 5.32 Å². The molecule has 2 aliphatic heterocycles. The van der Waals surface area contributed by atoms with Gasteiger partial charge < -0.3 is 29.8 Å². The van der Waals surface area contributed by atoms with Gasteiger partial charge in [-0.2, -0.15) is 0 Å². The maximum atomic E-state index is 13.0. The summed E-state index contributed by atoms with van der Waals surface area (Å²) in [6.45, 7) is 0.193. The average molecular weight is 431 g/mol. The minimum Gasteiger partial charge on any atom is -0.508 e. The fourth-order valence-electron chi connectivity index (χ4n) is 4.19. The van der Waals surface area contributed by atoms with E-state index >= 15 is 0 Å². The minimum atomic E-state index is -1.37. The molecule has 0 bridgehead atoms. The summed E-state index contributed by atoms with van der Waals surface area (Å²) in [6.07, 6.45) is 0.898. The van der Waals surface area contributed by atoms with Gasteiger partial charge in [-0.15, -0.1) is 0 Å². The first kappa shape index (κ1) is 19.6. The number of carbonyl (C=O) groups is 3. The number of aromatic hydroxyl groups is 2. The van der Waals surface area contributed by atoms with E-state index in [4.69, 9.17) is 9.47 Å². The minimum absolute atomic E-state index is 0.0330. The summed E-state index contributed by atoms with van der Waals surface area (Å²) < 4.78 is 11.9. The zero-order valence-corrected chi connectivity index (χ0v) is 16.6. The van der Waals surface area contributed by atoms with Gasteiger partial charge in [-0.05, 0) is 36.4 Å². The third-order valence-corrected chi connectivity index (χ3v) is 5.58. The Balaban J connectivity index is 1.68. The number of hydrogen-bond donors (Lipinski definition) is 3. The van der Waals surface area contributed by atoms with Crippen molar-refractivity contribution in [1.82, 2.24) is 5.32 Å². The quantitative estimate of drug-likeness (QED) is 0.330. The van der Waals surface area contributed by atoms with Crippen LogP contribution in [0, 0.1) is 0 Å². The highest BCUT2D eigenvalue weighted by atomic mass is 16.6. The van der Waals surface area contributed by atoms with Gasteiger partial charge in [0.05, 0.1) is 5.56 Å². The highest BCUT2D eigenvalue weighted by Crippen LogP contribution is 2.57. The monoisotopic (exact) mass is 431 g/mol. The molecule has 3 aromatic carbocycles. The van der Waals surface area contributed by atoms with Gasteiger partial charge in [-0.25, -0.2) is 4.79 Å². The van der Waals surface area contributed by atoms with Gasteiger partial charge in [0, 0.05) is 47.4 Å². The molecular formula is C24H17NO7. The number of amides is 1. The van der Waals surface area contributed by atoms with Crippen LogP contribution in [0.4, 0.5) is 0 Å². The average Bonchev–Trinajstić information content (AvgIpc) is 3.06. The molecule has 0 radical (unpaired) electrons. The van der Waals surface area contributed by atoms with Crippen LogP contribution in [-0.4, -0.2) is 34.9 Å². The lowest BCUT2D eigenvalue weighted by Gasteiger charge is -2.36. The van der Waals surface area contributed by atoms with E-state index in [0.29, 0.717) is 23.0 Å². The lowest BCUT2D eigenvalue weighted by molar-refractivity contribution is -0.107. The SMILES string of the molecule is O=CCCNC(=O)c1ccc2c(c1)C(=O)OC21c2ccc(O)cc2Oc2cc(O)ccc21. The van der Waals surface area contributed by atoms with Crippen LogP contribution in [0.25, 0.3) is 0 Å². The molecule has 0 atom stereocenters. The van der Waals surface area contributed by atoms with E-state index in [-0.39, 0.29) is 47.1 Å². The standard InChI is InChI=1S/C24H17NO7/c26-9-1-8-25-22(29)13-2-5-17-16(10-13)23(30)32-24(17)18-6-3-14(27)11-20(18)31-21-12-15(28)4-7-19(21)24/h2-7,9-12,27-28H,1,8H2,(H,25,29). The smallest absolute Gasteiger partial charge is 0.340 e. The molecule has 2 heterocycles. The van der Waals surface area contributed by atoms with Crippen molar-refractivity contribution < 1.29 is 34.1 Å². The molecule has 0 saturated carbocycles. The van der Waals surface area contributed by atoms with Crippen molar-refractivity contribution >= 4 is 18.2 Å². The number of phenols is 2. The summed E-state index contributed by atoms with van der Waals surface area (Å²) in [6, 6.07) is 13.7. The third-order valence-electron chi connectivity index (χ3n) is 5.58. The predicted molar refractivity (Wildman–Crippen MR) is 111 cm³/mol. The summed E-state index contributed by atoms with van der Waals surface area (Å²) in [5, 5.41) is 22.5. The normalized spacial score (nSPS) is 14.6. The second-order valence-corrected chi connectivity index (χ2v) is 7.51. The Kier molecular flexibility index (Phi) is 4.37. The first-order valence-electron chi connectivity index (χ1n) is 9.88. The van der Waals surface area contributed by atoms with E-state index in [1.54, 1.807) is 24.3 Å². The molecule has 2 aliphatic rings. The van der Waals surface area contributed by atoms with Crippen LogP contribution in [-0.2, 0) is 15.1 Å². The predicted octanol–water partition coefficient (Wildman–Crippen LogP) is 2.98. The van der Waals surface area contributed by atoms with Crippen molar-refractivity contribution in [2.24, 2.45) is 0 Å². The summed E-state index contributed by atoms with van der Waals surface area (Å²) >= 11 is 0. The van der Waals surface area contributed by atoms with Gasteiger partial charge in [-0.1, -0.05) is 6.07 Å². The number of rotatable bonds is 4. The molecule has 0 aliphatic carbocycles. The molecule has 8 nitrogen and oxygen atoms in total. The Morgan fingerprint density at radius 2 is 1.56 bits per heavy atom. The van der Waals surface area contributed by atoms with Gasteiger partial charge >= 0.3 is 5.97 Å². The number of aldehydes is 1. The van der Waals surface area contributed by atoms with E-state index < -0.39 is 17.5 Å². The Morgan fingerprint density at radius 1 is 0.938 bits per heavy atom. The molecule has 0 aromatic heterocycles. The molecule has 8 heteroatoms. The summed E-state index contributed by atoms with van der Waals surface area (Å²) in [4.78, 5) is 35.9. The number of phenolic OH excluding ortho intramolecular Hbond substituents is 2. The van der Waals surface area contributed by atoms with Gasteiger partial charge in [0.1, 0.15) is 29.3 Å². The van der Waals surface area contributed by atoms with Crippen molar-refractivity contribution in [3.63, 3.8) is 0 Å². The van der Waals surface area contributed by atoms with Crippen LogP contribution in [0.15, 0.2) is 54.6 Å². The topological polar surface area (TPSA) is 122 Å². The third kappa shape index (κ3) is 2.80. The zero-order chi connectivity index (χ0) is 22.5. The number of esters is 1. The summed E-state index contributed by atoms with van der Waals surface area (Å²) in [7, 11) is 0. The maximum absolute atomic E-state index is 13.0. The molecule has 3 N–H and O–H groups in total. The fourth-order valence-corrected chi connectivity index (χ4v) is 4.19. The van der Waals surface area contributed by atoms with Crippen molar-refractivity contribution in [2.45, 2.75) is 12.0 Å². The Morgan fingerprint density at radius 3 is 2.19 bits per heavy atom. The lowest BCUT2D eigenvalue weighted by atomic mass is 9.77. The highest BCUT2D eigenvalue weighted by Gasteiger charge is 2.53. The Bertz CT molecular complexity index is 1250. The molecule has 3 aromatic rings. The fraction of sp³-hybridized carbons (Fsp3) is 0.125. The van der Waals surface area contributed by atoms with E-state index in [0.717, 1.165) is 0 Å². The molecule has 160 valence electrons. The number of benzene rings is 3. The molecule has 32 heavy (non-hydrogen) atoms. The number of ether oxygens (including phenoxy) is 2. The van der Waals surface area contributed by atoms with E-state index in [1.165, 1.54) is 30.3 Å². The molecule has 0 saturated heterocycles. The Labute approximate surface area is 182 Å².